The molecule has 0 amide bonds. The summed E-state index contributed by atoms with van der Waals surface area (Å²) in [5.41, 5.74) is 3.06. The Kier molecular flexibility index (Phi) is 3.34. The van der Waals surface area contributed by atoms with Crippen molar-refractivity contribution >= 4 is 11.5 Å². The van der Waals surface area contributed by atoms with Crippen molar-refractivity contribution in [3.05, 3.63) is 54.4 Å². The van der Waals surface area contributed by atoms with Gasteiger partial charge in [-0.05, 0) is 32.4 Å². The summed E-state index contributed by atoms with van der Waals surface area (Å²) < 4.78 is 1.95. The van der Waals surface area contributed by atoms with Crippen LogP contribution in [0.4, 0.5) is 5.82 Å². The molecule has 4 heteroatoms. The second-order valence-electron chi connectivity index (χ2n) is 6.26. The Labute approximate surface area is 130 Å². The molecular weight excluding hydrogens is 272 g/mol. The zero-order valence-corrected chi connectivity index (χ0v) is 13.0. The first-order valence-corrected chi connectivity index (χ1v) is 7.24. The lowest BCUT2D eigenvalue weighted by atomic mass is 10.0. The minimum Gasteiger partial charge on any atom is -0.366 e. The Morgan fingerprint density at radius 3 is 2.50 bits per heavy atom. The molecule has 0 bridgehead atoms. The van der Waals surface area contributed by atoms with Crippen LogP contribution in [0.25, 0.3) is 16.8 Å². The van der Waals surface area contributed by atoms with Crippen LogP contribution in [0.1, 0.15) is 26.3 Å². The van der Waals surface area contributed by atoms with E-state index in [1.165, 1.54) is 0 Å². The number of hydrogen-bond donors (Lipinski definition) is 1. The van der Waals surface area contributed by atoms with Gasteiger partial charge < -0.3 is 5.32 Å². The van der Waals surface area contributed by atoms with Crippen LogP contribution in [-0.4, -0.2) is 14.9 Å². The number of anilines is 1. The first-order valence-electron chi connectivity index (χ1n) is 7.24. The van der Waals surface area contributed by atoms with Gasteiger partial charge >= 0.3 is 0 Å². The highest BCUT2D eigenvalue weighted by atomic mass is 15.1. The number of benzene rings is 1. The lowest BCUT2D eigenvalue weighted by molar-refractivity contribution is 0.629. The summed E-state index contributed by atoms with van der Waals surface area (Å²) in [6.07, 6.45) is 3.65. The van der Waals surface area contributed by atoms with E-state index < -0.39 is 0 Å². The van der Waals surface area contributed by atoms with E-state index in [0.29, 0.717) is 11.2 Å². The topological polar surface area (TPSA) is 53.1 Å². The molecule has 1 aromatic carbocycles. The number of fused-ring (bicyclic) bond motifs is 1. The van der Waals surface area contributed by atoms with Gasteiger partial charge in [0.25, 0.3) is 0 Å². The number of hydrogen-bond acceptors (Lipinski definition) is 3. The summed E-state index contributed by atoms with van der Waals surface area (Å²) >= 11 is 0. The van der Waals surface area contributed by atoms with E-state index in [1.807, 2.05) is 47.0 Å². The number of nitrogens with one attached hydrogen (secondary N) is 1. The van der Waals surface area contributed by atoms with Gasteiger partial charge in [0.05, 0.1) is 0 Å². The van der Waals surface area contributed by atoms with Crippen LogP contribution in [-0.2, 0) is 0 Å². The highest BCUT2D eigenvalue weighted by molar-refractivity contribution is 5.89. The molecule has 2 aromatic heterocycles. The Bertz CT molecular complexity index is 848. The average Bonchev–Trinajstić information content (AvgIpc) is 2.80. The van der Waals surface area contributed by atoms with Crippen molar-refractivity contribution < 1.29 is 0 Å². The summed E-state index contributed by atoms with van der Waals surface area (Å²) in [5, 5.41) is 13.2. The highest BCUT2D eigenvalue weighted by Crippen LogP contribution is 2.36. The maximum absolute atomic E-state index is 9.66. The molecule has 22 heavy (non-hydrogen) atoms. The Morgan fingerprint density at radius 2 is 1.86 bits per heavy atom. The van der Waals surface area contributed by atoms with E-state index in [4.69, 9.17) is 0 Å². The second-order valence-corrected chi connectivity index (χ2v) is 6.26. The highest BCUT2D eigenvalue weighted by Gasteiger charge is 2.23. The van der Waals surface area contributed by atoms with Crippen molar-refractivity contribution in [2.75, 3.05) is 5.32 Å². The minimum atomic E-state index is -0.125. The summed E-state index contributed by atoms with van der Waals surface area (Å²) in [4.78, 5) is 4.39. The SMILES string of the molecule is CC(C)(C)Nc1c(-c2ccccc2)c(C#N)c2ncccn12. The van der Waals surface area contributed by atoms with Gasteiger partial charge in [-0.25, -0.2) is 4.98 Å². The summed E-state index contributed by atoms with van der Waals surface area (Å²) in [6, 6.07) is 14.2. The molecule has 0 spiro atoms. The average molecular weight is 290 g/mol. The second kappa shape index (κ2) is 5.19. The fraction of sp³-hybridized carbons (Fsp3) is 0.222. The van der Waals surface area contributed by atoms with E-state index in [2.05, 4.69) is 37.1 Å². The van der Waals surface area contributed by atoms with Crippen molar-refractivity contribution in [2.45, 2.75) is 26.3 Å². The molecule has 0 radical (unpaired) electrons. The Balaban J connectivity index is 2.38. The summed E-state index contributed by atoms with van der Waals surface area (Å²) in [5.74, 6) is 0.901. The van der Waals surface area contributed by atoms with E-state index >= 15 is 0 Å². The molecule has 3 aromatic rings. The monoisotopic (exact) mass is 290 g/mol. The first-order chi connectivity index (χ1) is 10.5. The minimum absolute atomic E-state index is 0.125. The fourth-order valence-corrected chi connectivity index (χ4v) is 2.56. The van der Waals surface area contributed by atoms with Gasteiger partial charge in [0.15, 0.2) is 5.65 Å². The van der Waals surface area contributed by atoms with Gasteiger partial charge in [0.1, 0.15) is 17.5 Å². The van der Waals surface area contributed by atoms with Gasteiger partial charge in [-0.2, -0.15) is 5.26 Å². The predicted molar refractivity (Wildman–Crippen MR) is 88.7 cm³/mol. The normalized spacial score (nSPS) is 11.4. The zero-order valence-electron chi connectivity index (χ0n) is 13.0. The third-order valence-corrected chi connectivity index (χ3v) is 3.37. The van der Waals surface area contributed by atoms with Gasteiger partial charge in [0, 0.05) is 23.5 Å². The molecule has 3 rings (SSSR count). The van der Waals surface area contributed by atoms with E-state index in [9.17, 15) is 5.26 Å². The third kappa shape index (κ3) is 2.42. The molecule has 0 unspecified atom stereocenters. The van der Waals surface area contributed by atoms with E-state index in [1.54, 1.807) is 6.20 Å². The molecule has 0 atom stereocenters. The van der Waals surface area contributed by atoms with Crippen LogP contribution in [0.5, 0.6) is 0 Å². The van der Waals surface area contributed by atoms with Crippen LogP contribution in [0.15, 0.2) is 48.8 Å². The zero-order chi connectivity index (χ0) is 15.7. The van der Waals surface area contributed by atoms with Crippen molar-refractivity contribution in [2.24, 2.45) is 0 Å². The summed E-state index contributed by atoms with van der Waals surface area (Å²) in [7, 11) is 0. The molecule has 2 heterocycles. The van der Waals surface area contributed by atoms with Crippen molar-refractivity contribution in [3.63, 3.8) is 0 Å². The number of aromatic nitrogens is 2. The van der Waals surface area contributed by atoms with E-state index in [0.717, 1.165) is 16.9 Å². The molecule has 1 N–H and O–H groups in total. The van der Waals surface area contributed by atoms with Crippen LogP contribution in [0.2, 0.25) is 0 Å². The largest absolute Gasteiger partial charge is 0.366 e. The number of rotatable bonds is 2. The molecule has 110 valence electrons. The van der Waals surface area contributed by atoms with E-state index in [-0.39, 0.29) is 5.54 Å². The van der Waals surface area contributed by atoms with Gasteiger partial charge in [0.2, 0.25) is 0 Å². The molecule has 0 fully saturated rings. The smallest absolute Gasteiger partial charge is 0.156 e. The Morgan fingerprint density at radius 1 is 1.14 bits per heavy atom. The maximum Gasteiger partial charge on any atom is 0.156 e. The van der Waals surface area contributed by atoms with Crippen molar-refractivity contribution in [3.8, 4) is 17.2 Å². The molecule has 0 saturated carbocycles. The molecular formula is C18H18N4. The molecule has 4 nitrogen and oxygen atoms in total. The predicted octanol–water partition coefficient (Wildman–Crippen LogP) is 4.08. The van der Waals surface area contributed by atoms with Crippen LogP contribution < -0.4 is 5.32 Å². The van der Waals surface area contributed by atoms with Gasteiger partial charge in [-0.3, -0.25) is 4.40 Å². The molecule has 0 saturated heterocycles. The fourth-order valence-electron chi connectivity index (χ4n) is 2.56. The number of nitriles is 1. The van der Waals surface area contributed by atoms with Crippen molar-refractivity contribution in [1.82, 2.24) is 9.38 Å². The van der Waals surface area contributed by atoms with Gasteiger partial charge in [-0.1, -0.05) is 30.3 Å². The number of nitrogens with zero attached hydrogens (tertiary/aromatic N) is 3. The molecule has 0 aliphatic rings. The lowest BCUT2D eigenvalue weighted by Crippen LogP contribution is -2.27. The Hall–Kier alpha value is -2.80. The van der Waals surface area contributed by atoms with Crippen LogP contribution in [0.3, 0.4) is 0 Å². The van der Waals surface area contributed by atoms with Crippen LogP contribution >= 0.6 is 0 Å². The maximum atomic E-state index is 9.66. The molecule has 0 aliphatic carbocycles. The van der Waals surface area contributed by atoms with Crippen molar-refractivity contribution in [1.29, 1.82) is 5.26 Å². The lowest BCUT2D eigenvalue weighted by Gasteiger charge is -2.23. The van der Waals surface area contributed by atoms with Crippen LogP contribution in [0, 0.1) is 11.3 Å². The molecule has 0 aliphatic heterocycles. The quantitative estimate of drug-likeness (QED) is 0.773. The summed E-state index contributed by atoms with van der Waals surface area (Å²) in [6.45, 7) is 6.30. The standard InChI is InChI=1S/C18H18N4/c1-18(2,3)21-17-15(13-8-5-4-6-9-13)14(12-19)16-20-10-7-11-22(16)17/h4-11,21H,1-3H3. The first kappa shape index (κ1) is 14.2. The third-order valence-electron chi connectivity index (χ3n) is 3.37. The van der Waals surface area contributed by atoms with Gasteiger partial charge in [-0.15, -0.1) is 0 Å².